The van der Waals surface area contributed by atoms with Gasteiger partial charge in [0.1, 0.15) is 0 Å². The number of thiophene rings is 1. The highest BCUT2D eigenvalue weighted by atomic mass is 32.1. The predicted molar refractivity (Wildman–Crippen MR) is 75.3 cm³/mol. The summed E-state index contributed by atoms with van der Waals surface area (Å²) in [6.07, 6.45) is 0.486. The van der Waals surface area contributed by atoms with Crippen LogP contribution >= 0.6 is 11.3 Å². The largest absolute Gasteiger partial charge is 0.302 e. The molecule has 3 heteroatoms. The van der Waals surface area contributed by atoms with Crippen molar-refractivity contribution in [3.8, 4) is 6.07 Å². The highest BCUT2D eigenvalue weighted by Gasteiger charge is 2.15. The molecular formula is C15H16N2S. The number of benzene rings is 1. The smallest absolute Gasteiger partial charge is 0.0641 e. The Kier molecular flexibility index (Phi) is 4.52. The molecule has 1 heterocycles. The van der Waals surface area contributed by atoms with E-state index in [4.69, 9.17) is 5.26 Å². The molecular weight excluding hydrogens is 240 g/mol. The Labute approximate surface area is 112 Å². The first kappa shape index (κ1) is 12.8. The van der Waals surface area contributed by atoms with Crippen LogP contribution in [0.15, 0.2) is 47.8 Å². The molecule has 1 aromatic heterocycles. The molecule has 0 aliphatic rings. The van der Waals surface area contributed by atoms with Crippen LogP contribution in [0, 0.1) is 11.3 Å². The third-order valence-corrected chi connectivity index (χ3v) is 3.97. The van der Waals surface area contributed by atoms with E-state index in [1.54, 1.807) is 11.3 Å². The van der Waals surface area contributed by atoms with Gasteiger partial charge in [-0.15, -0.1) is 11.3 Å². The molecule has 2 aromatic rings. The van der Waals surface area contributed by atoms with E-state index in [0.717, 1.165) is 0 Å². The van der Waals surface area contributed by atoms with Gasteiger partial charge >= 0.3 is 0 Å². The van der Waals surface area contributed by atoms with Crippen molar-refractivity contribution in [3.05, 3.63) is 58.3 Å². The molecule has 0 amide bonds. The Hall–Kier alpha value is -1.63. The number of rotatable bonds is 5. The lowest BCUT2D eigenvalue weighted by molar-refractivity contribution is 0.477. The molecule has 0 fully saturated rings. The fourth-order valence-corrected chi connectivity index (χ4v) is 2.71. The average molecular weight is 256 g/mol. The van der Waals surface area contributed by atoms with Crippen LogP contribution in [0.1, 0.15) is 35.9 Å². The Balaban J connectivity index is 2.10. The van der Waals surface area contributed by atoms with Gasteiger partial charge in [0.15, 0.2) is 0 Å². The predicted octanol–water partition coefficient (Wildman–Crippen LogP) is 4.05. The number of nitrogens with zero attached hydrogens (tertiary/aromatic N) is 1. The van der Waals surface area contributed by atoms with Gasteiger partial charge in [-0.2, -0.15) is 5.26 Å². The second kappa shape index (κ2) is 6.34. The standard InChI is InChI=1S/C15H16N2S/c1-12(15-8-5-11-18-15)17-14(9-10-16)13-6-3-2-4-7-13/h2-8,11-12,14,17H,9H2,1H3. The van der Waals surface area contributed by atoms with Crippen LogP contribution in [0.2, 0.25) is 0 Å². The van der Waals surface area contributed by atoms with E-state index < -0.39 is 0 Å². The molecule has 2 rings (SSSR count). The molecule has 0 radical (unpaired) electrons. The molecule has 92 valence electrons. The zero-order valence-corrected chi connectivity index (χ0v) is 11.2. The summed E-state index contributed by atoms with van der Waals surface area (Å²) in [5.74, 6) is 0. The SMILES string of the molecule is CC(NC(CC#N)c1ccccc1)c1cccs1. The van der Waals surface area contributed by atoms with E-state index in [2.05, 4.69) is 48.0 Å². The van der Waals surface area contributed by atoms with Crippen LogP contribution in [0.5, 0.6) is 0 Å². The highest BCUT2D eigenvalue weighted by molar-refractivity contribution is 7.10. The maximum absolute atomic E-state index is 8.95. The topological polar surface area (TPSA) is 35.8 Å². The molecule has 18 heavy (non-hydrogen) atoms. The molecule has 1 N–H and O–H groups in total. The van der Waals surface area contributed by atoms with E-state index in [0.29, 0.717) is 6.42 Å². The van der Waals surface area contributed by atoms with E-state index >= 15 is 0 Å². The fraction of sp³-hybridized carbons (Fsp3) is 0.267. The second-order valence-corrected chi connectivity index (χ2v) is 5.21. The van der Waals surface area contributed by atoms with Gasteiger partial charge in [0.05, 0.1) is 12.5 Å². The first-order chi connectivity index (χ1) is 8.81. The number of hydrogen-bond donors (Lipinski definition) is 1. The van der Waals surface area contributed by atoms with Gasteiger partial charge in [0.25, 0.3) is 0 Å². The molecule has 2 nitrogen and oxygen atoms in total. The molecule has 0 saturated heterocycles. The normalized spacial score (nSPS) is 13.8. The van der Waals surface area contributed by atoms with Crippen LogP contribution in [0.3, 0.4) is 0 Å². The van der Waals surface area contributed by atoms with Gasteiger partial charge in [-0.3, -0.25) is 0 Å². The third-order valence-electron chi connectivity index (χ3n) is 2.92. The molecule has 2 atom stereocenters. The maximum atomic E-state index is 8.95. The van der Waals surface area contributed by atoms with Crippen molar-refractivity contribution in [1.82, 2.24) is 5.32 Å². The van der Waals surface area contributed by atoms with Crippen molar-refractivity contribution in [3.63, 3.8) is 0 Å². The molecule has 0 aliphatic carbocycles. The molecule has 0 saturated carbocycles. The quantitative estimate of drug-likeness (QED) is 0.876. The summed E-state index contributed by atoms with van der Waals surface area (Å²) in [6.45, 7) is 2.14. The Morgan fingerprint density at radius 2 is 2.00 bits per heavy atom. The van der Waals surface area contributed by atoms with Gasteiger partial charge in [-0.05, 0) is 23.9 Å². The zero-order chi connectivity index (χ0) is 12.8. The van der Waals surface area contributed by atoms with E-state index in [-0.39, 0.29) is 12.1 Å². The fourth-order valence-electron chi connectivity index (χ4n) is 1.97. The second-order valence-electron chi connectivity index (χ2n) is 4.23. The summed E-state index contributed by atoms with van der Waals surface area (Å²) < 4.78 is 0. The number of nitrogens with one attached hydrogen (secondary N) is 1. The highest BCUT2D eigenvalue weighted by Crippen LogP contribution is 2.24. The van der Waals surface area contributed by atoms with Crippen LogP contribution in [-0.2, 0) is 0 Å². The lowest BCUT2D eigenvalue weighted by Gasteiger charge is -2.21. The van der Waals surface area contributed by atoms with Crippen molar-refractivity contribution in [2.75, 3.05) is 0 Å². The van der Waals surface area contributed by atoms with Gasteiger partial charge in [0, 0.05) is 17.0 Å². The van der Waals surface area contributed by atoms with Gasteiger partial charge in [-0.25, -0.2) is 0 Å². The molecule has 1 aromatic carbocycles. The third kappa shape index (κ3) is 3.19. The van der Waals surface area contributed by atoms with Crippen molar-refractivity contribution in [1.29, 1.82) is 5.26 Å². The minimum Gasteiger partial charge on any atom is -0.302 e. The first-order valence-electron chi connectivity index (χ1n) is 6.02. The molecule has 2 unspecified atom stereocenters. The summed E-state index contributed by atoms with van der Waals surface area (Å²) in [4.78, 5) is 1.30. The first-order valence-corrected chi connectivity index (χ1v) is 6.90. The van der Waals surface area contributed by atoms with Gasteiger partial charge < -0.3 is 5.32 Å². The summed E-state index contributed by atoms with van der Waals surface area (Å²) in [5.41, 5.74) is 1.17. The number of hydrogen-bond acceptors (Lipinski definition) is 3. The monoisotopic (exact) mass is 256 g/mol. The lowest BCUT2D eigenvalue weighted by atomic mass is 10.0. The maximum Gasteiger partial charge on any atom is 0.0641 e. The van der Waals surface area contributed by atoms with Crippen LogP contribution in [0.4, 0.5) is 0 Å². The zero-order valence-electron chi connectivity index (χ0n) is 10.3. The van der Waals surface area contributed by atoms with Crippen LogP contribution < -0.4 is 5.32 Å². The van der Waals surface area contributed by atoms with E-state index in [1.807, 2.05) is 18.2 Å². The Morgan fingerprint density at radius 3 is 2.61 bits per heavy atom. The van der Waals surface area contributed by atoms with E-state index in [9.17, 15) is 0 Å². The molecule has 0 spiro atoms. The minimum absolute atomic E-state index is 0.0910. The summed E-state index contributed by atoms with van der Waals surface area (Å²) >= 11 is 1.74. The summed E-state index contributed by atoms with van der Waals surface area (Å²) in [5, 5.41) is 14.6. The van der Waals surface area contributed by atoms with Crippen molar-refractivity contribution in [2.24, 2.45) is 0 Å². The minimum atomic E-state index is 0.0910. The Bertz CT molecular complexity index is 499. The summed E-state index contributed by atoms with van der Waals surface area (Å²) in [6, 6.07) is 16.9. The molecule has 0 aliphatic heterocycles. The average Bonchev–Trinajstić information content (AvgIpc) is 2.93. The van der Waals surface area contributed by atoms with Crippen molar-refractivity contribution in [2.45, 2.75) is 25.4 Å². The Morgan fingerprint density at radius 1 is 1.22 bits per heavy atom. The van der Waals surface area contributed by atoms with Crippen LogP contribution in [0.25, 0.3) is 0 Å². The van der Waals surface area contributed by atoms with E-state index in [1.165, 1.54) is 10.4 Å². The van der Waals surface area contributed by atoms with Gasteiger partial charge in [0.2, 0.25) is 0 Å². The van der Waals surface area contributed by atoms with Crippen molar-refractivity contribution >= 4 is 11.3 Å². The summed E-state index contributed by atoms with van der Waals surface area (Å²) in [7, 11) is 0. The van der Waals surface area contributed by atoms with Crippen molar-refractivity contribution < 1.29 is 0 Å². The molecule has 0 bridgehead atoms. The van der Waals surface area contributed by atoms with Crippen LogP contribution in [-0.4, -0.2) is 0 Å². The van der Waals surface area contributed by atoms with Gasteiger partial charge in [-0.1, -0.05) is 36.4 Å². The number of nitriles is 1. The lowest BCUT2D eigenvalue weighted by Crippen LogP contribution is -2.23.